The molecule has 80 valence electrons. The monoisotopic (exact) mass is 198 g/mol. The van der Waals surface area contributed by atoms with E-state index in [1.54, 1.807) is 0 Å². The van der Waals surface area contributed by atoms with Gasteiger partial charge in [-0.05, 0) is 19.8 Å². The Morgan fingerprint density at radius 3 is 2.29 bits per heavy atom. The molecule has 2 aliphatic heterocycles. The highest BCUT2D eigenvalue weighted by molar-refractivity contribution is 5.78. The molecule has 0 radical (unpaired) electrons. The van der Waals surface area contributed by atoms with Crippen LogP contribution in [-0.4, -0.2) is 36.3 Å². The Morgan fingerprint density at radius 1 is 1.29 bits per heavy atom. The largest absolute Gasteiger partial charge is 0.356 e. The molecule has 2 saturated heterocycles. The van der Waals surface area contributed by atoms with Crippen LogP contribution in [0, 0.1) is 0 Å². The van der Waals surface area contributed by atoms with Gasteiger partial charge in [-0.3, -0.25) is 9.59 Å². The molecule has 0 aromatic rings. The standard InChI is InChI=1S/C6H11NO.C4H7NO/c1-2-7-5-3-4-6(7)8;6-4-2-1-3-5-4/h2-5H2,1H3;1-3H2,(H,5,6). The van der Waals surface area contributed by atoms with Crippen LogP contribution in [0.15, 0.2) is 0 Å². The van der Waals surface area contributed by atoms with Crippen molar-refractivity contribution in [3.63, 3.8) is 0 Å². The maximum absolute atomic E-state index is 10.7. The first-order chi connectivity index (χ1) is 6.74. The van der Waals surface area contributed by atoms with Crippen molar-refractivity contribution in [1.82, 2.24) is 10.2 Å². The molecular formula is C10H18N2O2. The average Bonchev–Trinajstić information content (AvgIpc) is 2.77. The lowest BCUT2D eigenvalue weighted by Gasteiger charge is -2.10. The third-order valence-electron chi connectivity index (χ3n) is 2.46. The first-order valence-electron chi connectivity index (χ1n) is 5.28. The van der Waals surface area contributed by atoms with E-state index >= 15 is 0 Å². The van der Waals surface area contributed by atoms with Crippen molar-refractivity contribution in [3.05, 3.63) is 0 Å². The minimum atomic E-state index is 0.204. The van der Waals surface area contributed by atoms with Crippen molar-refractivity contribution in [2.24, 2.45) is 0 Å². The Hall–Kier alpha value is -1.06. The molecule has 0 aromatic carbocycles. The maximum Gasteiger partial charge on any atom is 0.222 e. The summed E-state index contributed by atoms with van der Waals surface area (Å²) in [5.74, 6) is 0.530. The van der Waals surface area contributed by atoms with Gasteiger partial charge in [-0.2, -0.15) is 0 Å². The fourth-order valence-electron chi connectivity index (χ4n) is 1.60. The van der Waals surface area contributed by atoms with Gasteiger partial charge in [0.2, 0.25) is 11.8 Å². The molecule has 4 nitrogen and oxygen atoms in total. The van der Waals surface area contributed by atoms with E-state index in [9.17, 15) is 9.59 Å². The van der Waals surface area contributed by atoms with Gasteiger partial charge in [0, 0.05) is 32.5 Å². The summed E-state index contributed by atoms with van der Waals surface area (Å²) in [5, 5.41) is 2.68. The van der Waals surface area contributed by atoms with Crippen molar-refractivity contribution in [2.75, 3.05) is 19.6 Å². The molecular weight excluding hydrogens is 180 g/mol. The van der Waals surface area contributed by atoms with Gasteiger partial charge in [-0.1, -0.05) is 0 Å². The highest BCUT2D eigenvalue weighted by Crippen LogP contribution is 2.07. The summed E-state index contributed by atoms with van der Waals surface area (Å²) >= 11 is 0. The number of nitrogens with zero attached hydrogens (tertiary/aromatic N) is 1. The van der Waals surface area contributed by atoms with Crippen LogP contribution in [-0.2, 0) is 9.59 Å². The first kappa shape index (κ1) is 11.0. The minimum absolute atomic E-state index is 0.204. The zero-order valence-electron chi connectivity index (χ0n) is 8.71. The minimum Gasteiger partial charge on any atom is -0.356 e. The summed E-state index contributed by atoms with van der Waals surface area (Å²) in [6.07, 6.45) is 3.60. The third-order valence-corrected chi connectivity index (χ3v) is 2.46. The molecule has 0 unspecified atom stereocenters. The number of amides is 2. The lowest BCUT2D eigenvalue weighted by molar-refractivity contribution is -0.127. The summed E-state index contributed by atoms with van der Waals surface area (Å²) in [5.41, 5.74) is 0. The maximum atomic E-state index is 10.7. The second-order valence-electron chi connectivity index (χ2n) is 3.53. The molecule has 4 heteroatoms. The van der Waals surface area contributed by atoms with Gasteiger partial charge in [0.15, 0.2) is 0 Å². The molecule has 14 heavy (non-hydrogen) atoms. The summed E-state index contributed by atoms with van der Waals surface area (Å²) in [6, 6.07) is 0. The van der Waals surface area contributed by atoms with Crippen LogP contribution in [0.2, 0.25) is 0 Å². The molecule has 1 N–H and O–H groups in total. The number of hydrogen-bond acceptors (Lipinski definition) is 2. The second-order valence-corrected chi connectivity index (χ2v) is 3.53. The van der Waals surface area contributed by atoms with Gasteiger partial charge in [-0.15, -0.1) is 0 Å². The topological polar surface area (TPSA) is 49.4 Å². The molecule has 2 rings (SSSR count). The Kier molecular flexibility index (Phi) is 4.43. The molecule has 0 aliphatic carbocycles. The molecule has 2 heterocycles. The van der Waals surface area contributed by atoms with Crippen LogP contribution >= 0.6 is 0 Å². The summed E-state index contributed by atoms with van der Waals surface area (Å²) < 4.78 is 0. The number of rotatable bonds is 1. The van der Waals surface area contributed by atoms with Gasteiger partial charge >= 0.3 is 0 Å². The van der Waals surface area contributed by atoms with Crippen LogP contribution in [0.25, 0.3) is 0 Å². The SMILES string of the molecule is CCN1CCCC1=O.O=C1CCCN1. The van der Waals surface area contributed by atoms with Gasteiger partial charge < -0.3 is 10.2 Å². The quantitative estimate of drug-likeness (QED) is 0.668. The lowest BCUT2D eigenvalue weighted by Crippen LogP contribution is -2.23. The summed E-state index contributed by atoms with van der Waals surface area (Å²) in [7, 11) is 0. The fourth-order valence-corrected chi connectivity index (χ4v) is 1.60. The first-order valence-corrected chi connectivity index (χ1v) is 5.28. The molecule has 2 fully saturated rings. The predicted molar refractivity (Wildman–Crippen MR) is 53.7 cm³/mol. The Balaban J connectivity index is 0.000000146. The molecule has 2 aliphatic rings. The van der Waals surface area contributed by atoms with Crippen LogP contribution in [0.5, 0.6) is 0 Å². The van der Waals surface area contributed by atoms with E-state index in [1.165, 1.54) is 0 Å². The van der Waals surface area contributed by atoms with Crippen molar-refractivity contribution in [3.8, 4) is 0 Å². The zero-order valence-corrected chi connectivity index (χ0v) is 8.71. The van der Waals surface area contributed by atoms with E-state index in [0.29, 0.717) is 5.91 Å². The van der Waals surface area contributed by atoms with Crippen molar-refractivity contribution >= 4 is 11.8 Å². The normalized spacial score (nSPS) is 20.5. The Labute approximate surface area is 84.7 Å². The smallest absolute Gasteiger partial charge is 0.222 e. The lowest BCUT2D eigenvalue weighted by atomic mass is 10.4. The van der Waals surface area contributed by atoms with E-state index in [-0.39, 0.29) is 5.91 Å². The fraction of sp³-hybridized carbons (Fsp3) is 0.800. The number of carbonyl (C=O) groups is 2. The summed E-state index contributed by atoms with van der Waals surface area (Å²) in [4.78, 5) is 22.8. The Bertz CT molecular complexity index is 208. The van der Waals surface area contributed by atoms with Gasteiger partial charge in [0.05, 0.1) is 0 Å². The second kappa shape index (κ2) is 5.62. The number of hydrogen-bond donors (Lipinski definition) is 1. The van der Waals surface area contributed by atoms with Crippen molar-refractivity contribution < 1.29 is 9.59 Å². The summed E-state index contributed by atoms with van der Waals surface area (Å²) in [6.45, 7) is 4.77. The molecule has 2 amide bonds. The van der Waals surface area contributed by atoms with Crippen LogP contribution in [0.1, 0.15) is 32.6 Å². The van der Waals surface area contributed by atoms with Gasteiger partial charge in [0.1, 0.15) is 0 Å². The third kappa shape index (κ3) is 3.36. The molecule has 0 spiro atoms. The van der Waals surface area contributed by atoms with E-state index in [1.807, 2.05) is 11.8 Å². The van der Waals surface area contributed by atoms with E-state index < -0.39 is 0 Å². The van der Waals surface area contributed by atoms with Gasteiger partial charge in [0.25, 0.3) is 0 Å². The number of carbonyl (C=O) groups excluding carboxylic acids is 2. The highest BCUT2D eigenvalue weighted by atomic mass is 16.2. The molecule has 0 bridgehead atoms. The van der Waals surface area contributed by atoms with Gasteiger partial charge in [-0.25, -0.2) is 0 Å². The average molecular weight is 198 g/mol. The predicted octanol–water partition coefficient (Wildman–Crippen LogP) is 0.525. The number of likely N-dealkylation sites (tertiary alicyclic amines) is 1. The molecule has 0 saturated carbocycles. The Morgan fingerprint density at radius 2 is 2.07 bits per heavy atom. The van der Waals surface area contributed by atoms with Crippen LogP contribution in [0.4, 0.5) is 0 Å². The van der Waals surface area contributed by atoms with Crippen molar-refractivity contribution in [1.29, 1.82) is 0 Å². The van der Waals surface area contributed by atoms with Crippen LogP contribution < -0.4 is 5.32 Å². The molecule has 0 atom stereocenters. The zero-order chi connectivity index (χ0) is 10.4. The highest BCUT2D eigenvalue weighted by Gasteiger charge is 2.16. The van der Waals surface area contributed by atoms with E-state index in [2.05, 4.69) is 5.32 Å². The van der Waals surface area contributed by atoms with Crippen molar-refractivity contribution in [2.45, 2.75) is 32.6 Å². The molecule has 0 aromatic heterocycles. The van der Waals surface area contributed by atoms with E-state index in [4.69, 9.17) is 0 Å². The van der Waals surface area contributed by atoms with Crippen LogP contribution in [0.3, 0.4) is 0 Å². The van der Waals surface area contributed by atoms with E-state index in [0.717, 1.165) is 45.3 Å². The number of nitrogens with one attached hydrogen (secondary N) is 1.